The van der Waals surface area contributed by atoms with Crippen molar-refractivity contribution in [1.82, 2.24) is 0 Å². The molecule has 5 heteroatoms. The smallest absolute Gasteiger partial charge is 0.337 e. The largest absolute Gasteiger partial charge is 0.465 e. The predicted molar refractivity (Wildman–Crippen MR) is 81.3 cm³/mol. The number of esters is 1. The average molecular weight is 284 g/mol. The summed E-state index contributed by atoms with van der Waals surface area (Å²) < 4.78 is 4.62. The van der Waals surface area contributed by atoms with E-state index in [1.54, 1.807) is 24.3 Å². The lowest BCUT2D eigenvalue weighted by Gasteiger charge is -2.08. The van der Waals surface area contributed by atoms with Gasteiger partial charge in [0.25, 0.3) is 0 Å². The van der Waals surface area contributed by atoms with Crippen LogP contribution >= 0.6 is 0 Å². The van der Waals surface area contributed by atoms with Crippen LogP contribution in [0.3, 0.4) is 0 Å². The molecule has 0 heterocycles. The van der Waals surface area contributed by atoms with Gasteiger partial charge in [0.2, 0.25) is 5.91 Å². The number of rotatable bonds is 5. The van der Waals surface area contributed by atoms with Gasteiger partial charge in [0, 0.05) is 11.4 Å². The molecule has 2 aromatic carbocycles. The van der Waals surface area contributed by atoms with E-state index in [-0.39, 0.29) is 18.4 Å². The highest BCUT2D eigenvalue weighted by Gasteiger charge is 2.05. The van der Waals surface area contributed by atoms with Crippen molar-refractivity contribution in [1.29, 1.82) is 0 Å². The van der Waals surface area contributed by atoms with Crippen molar-refractivity contribution in [3.8, 4) is 0 Å². The minimum atomic E-state index is -0.386. The Kier molecular flexibility index (Phi) is 4.93. The number of methoxy groups -OCH3 is 1. The fourth-order valence-electron chi connectivity index (χ4n) is 1.75. The number of amides is 1. The lowest BCUT2D eigenvalue weighted by molar-refractivity contribution is -0.114. The second-order valence-electron chi connectivity index (χ2n) is 4.34. The first-order valence-electron chi connectivity index (χ1n) is 6.46. The van der Waals surface area contributed by atoms with Crippen molar-refractivity contribution in [3.05, 3.63) is 60.2 Å². The van der Waals surface area contributed by atoms with Crippen LogP contribution < -0.4 is 10.6 Å². The van der Waals surface area contributed by atoms with Crippen molar-refractivity contribution in [2.24, 2.45) is 0 Å². The third-order valence-corrected chi connectivity index (χ3v) is 2.82. The first-order chi connectivity index (χ1) is 10.2. The van der Waals surface area contributed by atoms with E-state index in [0.29, 0.717) is 5.56 Å². The Hall–Kier alpha value is -2.82. The number of hydrogen-bond donors (Lipinski definition) is 2. The highest BCUT2D eigenvalue weighted by Crippen LogP contribution is 2.10. The standard InChI is InChI=1S/C16H16N2O3/c1-21-16(20)12-7-9-13(10-8-12)17-11-15(19)18-14-5-3-2-4-6-14/h2-10,17H,11H2,1H3,(H,18,19). The van der Waals surface area contributed by atoms with Crippen LogP contribution in [0.25, 0.3) is 0 Å². The van der Waals surface area contributed by atoms with Crippen LogP contribution in [-0.2, 0) is 9.53 Å². The summed E-state index contributed by atoms with van der Waals surface area (Å²) in [4.78, 5) is 23.0. The van der Waals surface area contributed by atoms with E-state index in [0.717, 1.165) is 11.4 Å². The minimum absolute atomic E-state index is 0.141. The summed E-state index contributed by atoms with van der Waals surface area (Å²) in [7, 11) is 1.34. The van der Waals surface area contributed by atoms with E-state index < -0.39 is 0 Å². The van der Waals surface area contributed by atoms with Gasteiger partial charge in [-0.25, -0.2) is 4.79 Å². The molecule has 0 fully saturated rings. The fourth-order valence-corrected chi connectivity index (χ4v) is 1.75. The van der Waals surface area contributed by atoms with Gasteiger partial charge in [-0.2, -0.15) is 0 Å². The third-order valence-electron chi connectivity index (χ3n) is 2.82. The summed E-state index contributed by atoms with van der Waals surface area (Å²) in [6.45, 7) is 0.145. The molecule has 2 N–H and O–H groups in total. The molecule has 0 radical (unpaired) electrons. The molecular weight excluding hydrogens is 268 g/mol. The molecule has 2 aromatic rings. The number of nitrogens with one attached hydrogen (secondary N) is 2. The number of ether oxygens (including phenoxy) is 1. The highest BCUT2D eigenvalue weighted by atomic mass is 16.5. The summed E-state index contributed by atoms with van der Waals surface area (Å²) in [5.41, 5.74) is 1.98. The van der Waals surface area contributed by atoms with Crippen molar-refractivity contribution < 1.29 is 14.3 Å². The van der Waals surface area contributed by atoms with Crippen LogP contribution in [0, 0.1) is 0 Å². The van der Waals surface area contributed by atoms with Gasteiger partial charge in [-0.3, -0.25) is 4.79 Å². The molecule has 0 unspecified atom stereocenters. The van der Waals surface area contributed by atoms with Gasteiger partial charge in [0.15, 0.2) is 0 Å². The number of carbonyl (C=O) groups is 2. The monoisotopic (exact) mass is 284 g/mol. The lowest BCUT2D eigenvalue weighted by atomic mass is 10.2. The number of para-hydroxylation sites is 1. The molecule has 0 bridgehead atoms. The summed E-state index contributed by atoms with van der Waals surface area (Å²) in [5, 5.41) is 5.76. The molecule has 1 amide bonds. The Balaban J connectivity index is 1.85. The number of benzene rings is 2. The highest BCUT2D eigenvalue weighted by molar-refractivity contribution is 5.94. The first kappa shape index (κ1) is 14.6. The van der Waals surface area contributed by atoms with E-state index in [4.69, 9.17) is 0 Å². The molecular formula is C16H16N2O3. The number of carbonyl (C=O) groups excluding carboxylic acids is 2. The van der Waals surface area contributed by atoms with Crippen molar-refractivity contribution >= 4 is 23.3 Å². The van der Waals surface area contributed by atoms with Crippen LogP contribution in [0.1, 0.15) is 10.4 Å². The fraction of sp³-hybridized carbons (Fsp3) is 0.125. The van der Waals surface area contributed by atoms with E-state index >= 15 is 0 Å². The maximum absolute atomic E-state index is 11.8. The molecule has 0 saturated heterocycles. The van der Waals surface area contributed by atoms with Crippen LogP contribution in [0.2, 0.25) is 0 Å². The minimum Gasteiger partial charge on any atom is -0.465 e. The van der Waals surface area contributed by atoms with Crippen LogP contribution in [0.15, 0.2) is 54.6 Å². The van der Waals surface area contributed by atoms with E-state index in [1.165, 1.54) is 7.11 Å². The molecule has 21 heavy (non-hydrogen) atoms. The van der Waals surface area contributed by atoms with Crippen LogP contribution in [0.5, 0.6) is 0 Å². The summed E-state index contributed by atoms with van der Waals surface area (Å²) in [5.74, 6) is -0.526. The SMILES string of the molecule is COC(=O)c1ccc(NCC(=O)Nc2ccccc2)cc1. The average Bonchev–Trinajstić information content (AvgIpc) is 2.53. The molecule has 0 atom stereocenters. The van der Waals surface area contributed by atoms with E-state index in [2.05, 4.69) is 15.4 Å². The summed E-state index contributed by atoms with van der Waals surface area (Å²) in [6.07, 6.45) is 0. The van der Waals surface area contributed by atoms with Gasteiger partial charge in [0.1, 0.15) is 0 Å². The van der Waals surface area contributed by atoms with E-state index in [9.17, 15) is 9.59 Å². The second-order valence-corrected chi connectivity index (χ2v) is 4.34. The van der Waals surface area contributed by atoms with Gasteiger partial charge >= 0.3 is 5.97 Å². The quantitative estimate of drug-likeness (QED) is 0.828. The van der Waals surface area contributed by atoms with Crippen LogP contribution in [-0.4, -0.2) is 25.5 Å². The maximum atomic E-state index is 11.8. The zero-order valence-electron chi connectivity index (χ0n) is 11.6. The second kappa shape index (κ2) is 7.09. The Labute approximate surface area is 122 Å². The third kappa shape index (κ3) is 4.35. The molecule has 2 rings (SSSR count). The maximum Gasteiger partial charge on any atom is 0.337 e. The van der Waals surface area contributed by atoms with Crippen LogP contribution in [0.4, 0.5) is 11.4 Å². The molecule has 0 aliphatic carbocycles. The van der Waals surface area contributed by atoms with Gasteiger partial charge in [-0.05, 0) is 36.4 Å². The zero-order chi connectivity index (χ0) is 15.1. The predicted octanol–water partition coefficient (Wildman–Crippen LogP) is 2.52. The summed E-state index contributed by atoms with van der Waals surface area (Å²) in [6, 6.07) is 16.0. The Morgan fingerprint density at radius 2 is 1.62 bits per heavy atom. The van der Waals surface area contributed by atoms with Crippen molar-refractivity contribution in [3.63, 3.8) is 0 Å². The van der Waals surface area contributed by atoms with Gasteiger partial charge < -0.3 is 15.4 Å². The number of hydrogen-bond acceptors (Lipinski definition) is 4. The zero-order valence-corrected chi connectivity index (χ0v) is 11.6. The molecule has 0 spiro atoms. The van der Waals surface area contributed by atoms with Gasteiger partial charge in [-0.1, -0.05) is 18.2 Å². The topological polar surface area (TPSA) is 67.4 Å². The van der Waals surface area contributed by atoms with Gasteiger partial charge in [-0.15, -0.1) is 0 Å². The Bertz CT molecular complexity index is 609. The molecule has 0 aliphatic heterocycles. The molecule has 0 aromatic heterocycles. The Morgan fingerprint density at radius 1 is 0.952 bits per heavy atom. The number of anilines is 2. The molecule has 5 nitrogen and oxygen atoms in total. The first-order valence-corrected chi connectivity index (χ1v) is 6.46. The van der Waals surface area contributed by atoms with E-state index in [1.807, 2.05) is 30.3 Å². The Morgan fingerprint density at radius 3 is 2.24 bits per heavy atom. The molecule has 0 aliphatic rings. The summed E-state index contributed by atoms with van der Waals surface area (Å²) >= 11 is 0. The normalized spacial score (nSPS) is 9.76. The molecule has 0 saturated carbocycles. The van der Waals surface area contributed by atoms with Crippen molar-refractivity contribution in [2.75, 3.05) is 24.3 Å². The van der Waals surface area contributed by atoms with Crippen molar-refractivity contribution in [2.45, 2.75) is 0 Å². The lowest BCUT2D eigenvalue weighted by Crippen LogP contribution is -2.21. The molecule has 108 valence electrons. The van der Waals surface area contributed by atoms with Gasteiger partial charge in [0.05, 0.1) is 19.2 Å².